The molecule has 0 radical (unpaired) electrons. The summed E-state index contributed by atoms with van der Waals surface area (Å²) in [4.78, 5) is 39.0. The number of carbonyl (C=O) groups is 3. The number of amides is 2. The fourth-order valence-electron chi connectivity index (χ4n) is 3.75. The first-order valence-electron chi connectivity index (χ1n) is 10.4. The minimum absolute atomic E-state index is 0.279. The van der Waals surface area contributed by atoms with Crippen LogP contribution in [-0.2, 0) is 19.1 Å². The number of nitrogens with zero attached hydrogens (tertiary/aromatic N) is 1. The third kappa shape index (κ3) is 5.66. The van der Waals surface area contributed by atoms with E-state index in [0.29, 0.717) is 33.4 Å². The van der Waals surface area contributed by atoms with Crippen molar-refractivity contribution in [3.8, 4) is 0 Å². The molecule has 0 saturated heterocycles. The molecule has 0 aliphatic carbocycles. The van der Waals surface area contributed by atoms with Crippen molar-refractivity contribution in [1.82, 2.24) is 0 Å². The number of ether oxygens (including phenoxy) is 2. The molecule has 3 atom stereocenters. The van der Waals surface area contributed by atoms with Gasteiger partial charge in [0.25, 0.3) is 5.91 Å². The van der Waals surface area contributed by atoms with Crippen molar-refractivity contribution >= 4 is 46.9 Å². The van der Waals surface area contributed by atoms with Gasteiger partial charge in [-0.25, -0.2) is 4.79 Å². The monoisotopic (exact) mass is 492 g/mol. The predicted octanol–water partition coefficient (Wildman–Crippen LogP) is 5.12. The summed E-state index contributed by atoms with van der Waals surface area (Å²) in [7, 11) is 0. The number of primary amides is 1. The van der Waals surface area contributed by atoms with Crippen molar-refractivity contribution < 1.29 is 23.9 Å². The largest absolute Gasteiger partial charge is 0.412 e. The second-order valence-corrected chi connectivity index (χ2v) is 10.0. The van der Waals surface area contributed by atoms with Gasteiger partial charge in [0.2, 0.25) is 0 Å². The minimum Gasteiger partial charge on any atom is -0.376 e. The number of nitrogens with two attached hydrogens (primary N) is 1. The Kier molecular flexibility index (Phi) is 7.36. The molecule has 1 heterocycles. The number of rotatable bonds is 4. The van der Waals surface area contributed by atoms with E-state index in [2.05, 4.69) is 4.74 Å². The van der Waals surface area contributed by atoms with Gasteiger partial charge in [0.15, 0.2) is 6.10 Å². The van der Waals surface area contributed by atoms with Crippen LogP contribution in [-0.4, -0.2) is 30.6 Å². The highest BCUT2D eigenvalue weighted by Gasteiger charge is 2.43. The lowest BCUT2D eigenvalue weighted by Crippen LogP contribution is -2.48. The van der Waals surface area contributed by atoms with Gasteiger partial charge in [-0.3, -0.25) is 9.59 Å². The van der Waals surface area contributed by atoms with Gasteiger partial charge in [0, 0.05) is 33.4 Å². The summed E-state index contributed by atoms with van der Waals surface area (Å²) in [6.45, 7) is 7.77. The Balaban J connectivity index is 2.21. The fraction of sp³-hybridized carbons (Fsp3) is 0.375. The van der Waals surface area contributed by atoms with Crippen LogP contribution in [0.3, 0.4) is 0 Å². The van der Waals surface area contributed by atoms with Gasteiger partial charge in [-0.1, -0.05) is 62.2 Å². The first kappa shape index (κ1) is 25.0. The molecule has 2 N–H and O–H groups in total. The molecule has 0 spiro atoms. The van der Waals surface area contributed by atoms with E-state index in [0.717, 1.165) is 0 Å². The van der Waals surface area contributed by atoms with Crippen LogP contribution in [0.1, 0.15) is 44.9 Å². The Morgan fingerprint density at radius 3 is 2.42 bits per heavy atom. The summed E-state index contributed by atoms with van der Waals surface area (Å²) >= 11 is 12.8. The van der Waals surface area contributed by atoms with Gasteiger partial charge in [-0.05, 0) is 36.6 Å². The number of halogens is 2. The fourth-order valence-corrected chi connectivity index (χ4v) is 4.16. The second kappa shape index (κ2) is 9.71. The van der Waals surface area contributed by atoms with Crippen molar-refractivity contribution in [2.75, 3.05) is 11.4 Å². The van der Waals surface area contributed by atoms with Crippen molar-refractivity contribution in [3.05, 3.63) is 63.6 Å². The maximum absolute atomic E-state index is 13.8. The molecule has 1 unspecified atom stereocenters. The Hall–Kier alpha value is -2.61. The lowest BCUT2D eigenvalue weighted by molar-refractivity contribution is -0.154. The molecule has 176 valence electrons. The Morgan fingerprint density at radius 1 is 1.15 bits per heavy atom. The normalized spacial score (nSPS) is 19.5. The van der Waals surface area contributed by atoms with Gasteiger partial charge >= 0.3 is 12.1 Å². The van der Waals surface area contributed by atoms with E-state index < -0.39 is 36.1 Å². The first-order chi connectivity index (χ1) is 15.4. The van der Waals surface area contributed by atoms with Gasteiger partial charge in [0.05, 0.1) is 5.92 Å². The molecule has 0 fully saturated rings. The van der Waals surface area contributed by atoms with Crippen LogP contribution in [0.2, 0.25) is 10.0 Å². The molecular weight excluding hydrogens is 467 g/mol. The maximum atomic E-state index is 13.8. The molecule has 0 saturated carbocycles. The SMILES string of the molecule is CC(C(=O)OC(N)=O)[C@@H]1O[C@@H](c2ccccc2Cl)c2cc(Cl)ccc2N(CC(C)(C)C)C1=O. The molecule has 0 aromatic heterocycles. The zero-order valence-corrected chi connectivity index (χ0v) is 20.3. The number of hydrogen-bond acceptors (Lipinski definition) is 5. The van der Waals surface area contributed by atoms with Crippen LogP contribution in [0, 0.1) is 11.3 Å². The number of benzene rings is 2. The number of anilines is 1. The van der Waals surface area contributed by atoms with E-state index in [1.54, 1.807) is 47.4 Å². The van der Waals surface area contributed by atoms with Gasteiger partial charge in [-0.15, -0.1) is 0 Å². The van der Waals surface area contributed by atoms with Crippen molar-refractivity contribution in [2.24, 2.45) is 17.1 Å². The molecule has 1 aliphatic heterocycles. The summed E-state index contributed by atoms with van der Waals surface area (Å²) in [6, 6.07) is 12.2. The Bertz CT molecular complexity index is 1080. The van der Waals surface area contributed by atoms with Crippen LogP contribution in [0.25, 0.3) is 0 Å². The van der Waals surface area contributed by atoms with Gasteiger partial charge in [-0.2, -0.15) is 0 Å². The zero-order chi connectivity index (χ0) is 24.5. The second-order valence-electron chi connectivity index (χ2n) is 9.18. The molecule has 3 rings (SSSR count). The molecule has 2 aromatic rings. The van der Waals surface area contributed by atoms with E-state index in [1.165, 1.54) is 6.92 Å². The smallest absolute Gasteiger partial charge is 0.376 e. The standard InChI is InChI=1S/C24H26Cl2N2O5/c1-13(22(30)33-23(27)31)19-21(29)28(12-24(2,3)4)18-10-9-14(25)11-16(18)20(32-19)15-7-5-6-8-17(15)26/h5-11,13,19-20H,12H2,1-4H3,(H2,27,31)/t13?,19-,20-/m0/s1. The van der Waals surface area contributed by atoms with Gasteiger partial charge < -0.3 is 20.1 Å². The zero-order valence-electron chi connectivity index (χ0n) is 18.8. The lowest BCUT2D eigenvalue weighted by Gasteiger charge is -2.32. The topological polar surface area (TPSA) is 98.9 Å². The van der Waals surface area contributed by atoms with Crippen molar-refractivity contribution in [3.63, 3.8) is 0 Å². The minimum atomic E-state index is -1.27. The van der Waals surface area contributed by atoms with E-state index in [4.69, 9.17) is 33.7 Å². The lowest BCUT2D eigenvalue weighted by atomic mass is 9.94. The first-order valence-corrected chi connectivity index (χ1v) is 11.2. The third-order valence-electron chi connectivity index (χ3n) is 5.20. The summed E-state index contributed by atoms with van der Waals surface area (Å²) in [6.07, 6.45) is -3.33. The molecule has 33 heavy (non-hydrogen) atoms. The van der Waals surface area contributed by atoms with E-state index in [9.17, 15) is 14.4 Å². The Labute approximate surface area is 202 Å². The highest BCUT2D eigenvalue weighted by molar-refractivity contribution is 6.31. The summed E-state index contributed by atoms with van der Waals surface area (Å²) in [5.41, 5.74) is 6.57. The highest BCUT2D eigenvalue weighted by Crippen LogP contribution is 2.43. The number of carbonyl (C=O) groups excluding carboxylic acids is 3. The third-order valence-corrected chi connectivity index (χ3v) is 5.78. The Morgan fingerprint density at radius 2 is 1.82 bits per heavy atom. The molecule has 2 aromatic carbocycles. The molecule has 9 heteroatoms. The number of hydrogen-bond donors (Lipinski definition) is 1. The van der Waals surface area contributed by atoms with Crippen LogP contribution >= 0.6 is 23.2 Å². The number of fused-ring (bicyclic) bond motifs is 1. The highest BCUT2D eigenvalue weighted by atomic mass is 35.5. The molecule has 7 nitrogen and oxygen atoms in total. The van der Waals surface area contributed by atoms with Crippen molar-refractivity contribution in [2.45, 2.75) is 39.9 Å². The van der Waals surface area contributed by atoms with Crippen LogP contribution in [0.15, 0.2) is 42.5 Å². The predicted molar refractivity (Wildman–Crippen MR) is 126 cm³/mol. The van der Waals surface area contributed by atoms with Crippen LogP contribution < -0.4 is 10.6 Å². The van der Waals surface area contributed by atoms with Crippen molar-refractivity contribution in [1.29, 1.82) is 0 Å². The quantitative estimate of drug-likeness (QED) is 0.471. The van der Waals surface area contributed by atoms with Gasteiger partial charge in [0.1, 0.15) is 6.10 Å². The molecule has 1 aliphatic rings. The van der Waals surface area contributed by atoms with Crippen LogP contribution in [0.4, 0.5) is 10.5 Å². The summed E-state index contributed by atoms with van der Waals surface area (Å²) in [5, 5.41) is 0.883. The molecular formula is C24H26Cl2N2O5. The molecule has 0 bridgehead atoms. The summed E-state index contributed by atoms with van der Waals surface area (Å²) < 4.78 is 10.8. The molecule has 2 amide bonds. The maximum Gasteiger partial charge on any atom is 0.412 e. The average Bonchev–Trinajstić information content (AvgIpc) is 2.82. The van der Waals surface area contributed by atoms with E-state index in [-0.39, 0.29) is 5.41 Å². The number of esters is 1. The van der Waals surface area contributed by atoms with Crippen LogP contribution in [0.5, 0.6) is 0 Å². The average molecular weight is 493 g/mol. The van der Waals surface area contributed by atoms with E-state index >= 15 is 0 Å². The van der Waals surface area contributed by atoms with E-state index in [1.807, 2.05) is 20.8 Å². The summed E-state index contributed by atoms with van der Waals surface area (Å²) in [5.74, 6) is -2.53.